The van der Waals surface area contributed by atoms with Crippen LogP contribution in [0.2, 0.25) is 10.0 Å². The highest BCUT2D eigenvalue weighted by Crippen LogP contribution is 2.29. The van der Waals surface area contributed by atoms with E-state index in [9.17, 15) is 4.79 Å². The van der Waals surface area contributed by atoms with E-state index in [-0.39, 0.29) is 21.3 Å². The van der Waals surface area contributed by atoms with Gasteiger partial charge in [0.05, 0.1) is 21.4 Å². The standard InChI is InChI=1S/C12H11Cl2N3O2/c1-5-6(2)17-19-12(5)16-11(18)7-3-8(13)10(15)9(14)4-7/h3-4H,15H2,1-2H3,(H,16,18). The normalized spacial score (nSPS) is 10.5. The van der Waals surface area contributed by atoms with Gasteiger partial charge in [0.25, 0.3) is 5.91 Å². The number of carbonyl (C=O) groups excluding carboxylic acids is 1. The van der Waals surface area contributed by atoms with Gasteiger partial charge < -0.3 is 10.3 Å². The Kier molecular flexibility index (Phi) is 3.68. The minimum atomic E-state index is -0.400. The first-order valence-corrected chi connectivity index (χ1v) is 6.14. The molecule has 0 aliphatic heterocycles. The van der Waals surface area contributed by atoms with Gasteiger partial charge in [0, 0.05) is 11.1 Å². The summed E-state index contributed by atoms with van der Waals surface area (Å²) in [6.45, 7) is 3.58. The molecule has 1 heterocycles. The molecule has 0 bridgehead atoms. The van der Waals surface area contributed by atoms with Crippen LogP contribution in [-0.2, 0) is 0 Å². The molecule has 0 unspecified atom stereocenters. The number of carbonyl (C=O) groups is 1. The largest absolute Gasteiger partial charge is 0.396 e. The van der Waals surface area contributed by atoms with E-state index < -0.39 is 5.91 Å². The zero-order chi connectivity index (χ0) is 14.2. The van der Waals surface area contributed by atoms with Crippen molar-refractivity contribution in [3.8, 4) is 0 Å². The Bertz CT molecular complexity index is 629. The summed E-state index contributed by atoms with van der Waals surface area (Å²) in [5.41, 5.74) is 7.62. The summed E-state index contributed by atoms with van der Waals surface area (Å²) in [4.78, 5) is 12.0. The van der Waals surface area contributed by atoms with Crippen molar-refractivity contribution < 1.29 is 9.32 Å². The third-order valence-electron chi connectivity index (χ3n) is 2.73. The van der Waals surface area contributed by atoms with Crippen LogP contribution in [0.1, 0.15) is 21.6 Å². The van der Waals surface area contributed by atoms with Gasteiger partial charge in [-0.25, -0.2) is 0 Å². The molecule has 1 aromatic carbocycles. The highest BCUT2D eigenvalue weighted by atomic mass is 35.5. The molecule has 0 aliphatic carbocycles. The maximum absolute atomic E-state index is 12.0. The van der Waals surface area contributed by atoms with E-state index in [4.69, 9.17) is 33.5 Å². The predicted molar refractivity (Wildman–Crippen MR) is 74.8 cm³/mol. The van der Waals surface area contributed by atoms with E-state index >= 15 is 0 Å². The van der Waals surface area contributed by atoms with Gasteiger partial charge in [0.1, 0.15) is 0 Å². The van der Waals surface area contributed by atoms with Crippen LogP contribution in [0, 0.1) is 13.8 Å². The highest BCUT2D eigenvalue weighted by Gasteiger charge is 2.15. The lowest BCUT2D eigenvalue weighted by Crippen LogP contribution is -2.12. The second-order valence-corrected chi connectivity index (χ2v) is 4.84. The molecule has 0 spiro atoms. The minimum absolute atomic E-state index is 0.225. The average Bonchev–Trinajstić information content (AvgIpc) is 2.67. The van der Waals surface area contributed by atoms with Gasteiger partial charge in [-0.05, 0) is 26.0 Å². The van der Waals surface area contributed by atoms with E-state index in [0.29, 0.717) is 11.6 Å². The third-order valence-corrected chi connectivity index (χ3v) is 3.35. The van der Waals surface area contributed by atoms with Crippen LogP contribution >= 0.6 is 23.2 Å². The number of nitrogens with zero attached hydrogens (tertiary/aromatic N) is 1. The average molecular weight is 300 g/mol. The van der Waals surface area contributed by atoms with Gasteiger partial charge in [-0.15, -0.1) is 0 Å². The van der Waals surface area contributed by atoms with E-state index in [2.05, 4.69) is 10.5 Å². The first-order chi connectivity index (χ1) is 8.90. The van der Waals surface area contributed by atoms with E-state index in [1.54, 1.807) is 13.8 Å². The highest BCUT2D eigenvalue weighted by molar-refractivity contribution is 6.39. The molecule has 100 valence electrons. The molecule has 1 aromatic heterocycles. The number of aromatic nitrogens is 1. The fraction of sp³-hybridized carbons (Fsp3) is 0.167. The summed E-state index contributed by atoms with van der Waals surface area (Å²) in [6.07, 6.45) is 0. The lowest BCUT2D eigenvalue weighted by molar-refractivity contribution is 0.102. The van der Waals surface area contributed by atoms with Crippen molar-refractivity contribution in [1.82, 2.24) is 5.16 Å². The zero-order valence-corrected chi connectivity index (χ0v) is 11.8. The summed E-state index contributed by atoms with van der Waals surface area (Å²) < 4.78 is 5.00. The van der Waals surface area contributed by atoms with Crippen LogP contribution in [0.4, 0.5) is 11.6 Å². The lowest BCUT2D eigenvalue weighted by Gasteiger charge is -2.06. The second-order valence-electron chi connectivity index (χ2n) is 4.03. The number of aryl methyl sites for hydroxylation is 1. The summed E-state index contributed by atoms with van der Waals surface area (Å²) in [5.74, 6) is -0.102. The maximum Gasteiger partial charge on any atom is 0.258 e. The third kappa shape index (κ3) is 2.67. The van der Waals surface area contributed by atoms with Crippen LogP contribution in [0.3, 0.4) is 0 Å². The Labute approximate surface area is 119 Å². The number of amides is 1. The van der Waals surface area contributed by atoms with Gasteiger partial charge in [0.15, 0.2) is 0 Å². The van der Waals surface area contributed by atoms with Crippen molar-refractivity contribution in [3.05, 3.63) is 39.0 Å². The molecule has 0 fully saturated rings. The summed E-state index contributed by atoms with van der Waals surface area (Å²) in [7, 11) is 0. The number of benzene rings is 1. The van der Waals surface area contributed by atoms with Crippen LogP contribution in [-0.4, -0.2) is 11.1 Å². The monoisotopic (exact) mass is 299 g/mol. The van der Waals surface area contributed by atoms with Crippen molar-refractivity contribution in [1.29, 1.82) is 0 Å². The molecule has 0 atom stereocenters. The topological polar surface area (TPSA) is 81.2 Å². The van der Waals surface area contributed by atoms with Gasteiger partial charge in [-0.1, -0.05) is 28.4 Å². The van der Waals surface area contributed by atoms with E-state index in [1.165, 1.54) is 12.1 Å². The van der Waals surface area contributed by atoms with Gasteiger partial charge in [-0.2, -0.15) is 0 Å². The fourth-order valence-electron chi connectivity index (χ4n) is 1.42. The Morgan fingerprint density at radius 1 is 1.32 bits per heavy atom. The van der Waals surface area contributed by atoms with Crippen LogP contribution in [0.25, 0.3) is 0 Å². The molecule has 2 rings (SSSR count). The van der Waals surface area contributed by atoms with E-state index in [0.717, 1.165) is 5.56 Å². The Morgan fingerprint density at radius 3 is 2.37 bits per heavy atom. The molecule has 0 saturated carbocycles. The predicted octanol–water partition coefficient (Wildman–Crippen LogP) is 3.43. The molecule has 0 saturated heterocycles. The number of nitrogens with one attached hydrogen (secondary N) is 1. The number of nitrogens with two attached hydrogens (primary N) is 1. The number of nitrogen functional groups attached to an aromatic ring is 1. The summed E-state index contributed by atoms with van der Waals surface area (Å²) in [5, 5.41) is 6.80. The zero-order valence-electron chi connectivity index (χ0n) is 10.3. The number of hydrogen-bond acceptors (Lipinski definition) is 4. The number of anilines is 2. The van der Waals surface area contributed by atoms with Crippen molar-refractivity contribution in [2.24, 2.45) is 0 Å². The first-order valence-electron chi connectivity index (χ1n) is 5.39. The molecule has 3 N–H and O–H groups in total. The minimum Gasteiger partial charge on any atom is -0.396 e. The van der Waals surface area contributed by atoms with Gasteiger partial charge in [-0.3, -0.25) is 10.1 Å². The Hall–Kier alpha value is -1.72. The van der Waals surface area contributed by atoms with E-state index in [1.807, 2.05) is 0 Å². The molecule has 0 radical (unpaired) electrons. The van der Waals surface area contributed by atoms with Gasteiger partial charge in [0.2, 0.25) is 5.88 Å². The summed E-state index contributed by atoms with van der Waals surface area (Å²) >= 11 is 11.8. The molecular weight excluding hydrogens is 289 g/mol. The number of hydrogen-bond donors (Lipinski definition) is 2. The first kappa shape index (κ1) is 13.7. The van der Waals surface area contributed by atoms with Crippen molar-refractivity contribution in [3.63, 3.8) is 0 Å². The fourth-order valence-corrected chi connectivity index (χ4v) is 1.91. The smallest absolute Gasteiger partial charge is 0.258 e. The molecule has 0 aliphatic rings. The molecular formula is C12H11Cl2N3O2. The van der Waals surface area contributed by atoms with Crippen molar-refractivity contribution in [2.45, 2.75) is 13.8 Å². The van der Waals surface area contributed by atoms with Crippen molar-refractivity contribution >= 4 is 40.7 Å². The second kappa shape index (κ2) is 5.11. The molecule has 19 heavy (non-hydrogen) atoms. The molecule has 1 amide bonds. The van der Waals surface area contributed by atoms with Gasteiger partial charge >= 0.3 is 0 Å². The maximum atomic E-state index is 12.0. The summed E-state index contributed by atoms with van der Waals surface area (Å²) in [6, 6.07) is 2.88. The van der Waals surface area contributed by atoms with Crippen molar-refractivity contribution in [2.75, 3.05) is 11.1 Å². The Balaban J connectivity index is 2.28. The number of halogens is 2. The SMILES string of the molecule is Cc1noc(NC(=O)c2cc(Cl)c(N)c(Cl)c2)c1C. The quantitative estimate of drug-likeness (QED) is 0.832. The van der Waals surface area contributed by atoms with Crippen LogP contribution in [0.15, 0.2) is 16.7 Å². The Morgan fingerprint density at radius 2 is 1.89 bits per heavy atom. The van der Waals surface area contributed by atoms with Crippen LogP contribution < -0.4 is 11.1 Å². The number of rotatable bonds is 2. The molecule has 7 heteroatoms. The lowest BCUT2D eigenvalue weighted by atomic mass is 10.2. The molecule has 5 nitrogen and oxygen atoms in total. The molecule has 2 aromatic rings. The van der Waals surface area contributed by atoms with Crippen LogP contribution in [0.5, 0.6) is 0 Å².